The molecular formula is C11H10BrCl2N3. The normalized spacial score (nSPS) is 10.8. The van der Waals surface area contributed by atoms with Gasteiger partial charge in [0.05, 0.1) is 5.69 Å². The van der Waals surface area contributed by atoms with Gasteiger partial charge in [-0.1, -0.05) is 18.5 Å². The minimum absolute atomic E-state index is 0.344. The number of aromatic nitrogens is 3. The van der Waals surface area contributed by atoms with Crippen LogP contribution in [0, 0.1) is 0 Å². The Labute approximate surface area is 118 Å². The first-order chi connectivity index (χ1) is 8.13. The minimum atomic E-state index is 0.344. The Bertz CT molecular complexity index is 540. The largest absolute Gasteiger partial charge is 0.269 e. The van der Waals surface area contributed by atoms with E-state index in [-0.39, 0.29) is 0 Å². The zero-order valence-corrected chi connectivity index (χ0v) is 12.2. The van der Waals surface area contributed by atoms with Crippen LogP contribution >= 0.6 is 39.1 Å². The van der Waals surface area contributed by atoms with Crippen LogP contribution in [-0.4, -0.2) is 14.8 Å². The summed E-state index contributed by atoms with van der Waals surface area (Å²) in [5.41, 5.74) is 0.857. The van der Waals surface area contributed by atoms with Crippen molar-refractivity contribution in [2.24, 2.45) is 0 Å². The molecule has 1 aromatic carbocycles. The molecule has 0 aliphatic rings. The Hall–Kier alpha value is -0.580. The Morgan fingerprint density at radius 3 is 2.76 bits per heavy atom. The first-order valence-corrected chi connectivity index (χ1v) is 6.73. The molecule has 17 heavy (non-hydrogen) atoms. The zero-order valence-electron chi connectivity index (χ0n) is 9.12. The molecule has 0 radical (unpaired) electrons. The third-order valence-electron chi connectivity index (χ3n) is 2.31. The van der Waals surface area contributed by atoms with Crippen molar-refractivity contribution in [3.63, 3.8) is 0 Å². The van der Waals surface area contributed by atoms with Crippen molar-refractivity contribution in [3.05, 3.63) is 38.8 Å². The number of rotatable bonds is 3. The summed E-state index contributed by atoms with van der Waals surface area (Å²) in [6.07, 6.45) is 1.80. The smallest absolute Gasteiger partial charge is 0.229 e. The molecule has 3 nitrogen and oxygen atoms in total. The predicted molar refractivity (Wildman–Crippen MR) is 73.1 cm³/mol. The fourth-order valence-electron chi connectivity index (χ4n) is 1.58. The molecule has 0 unspecified atom stereocenters. The van der Waals surface area contributed by atoms with Crippen molar-refractivity contribution >= 4 is 39.1 Å². The van der Waals surface area contributed by atoms with Crippen molar-refractivity contribution in [1.82, 2.24) is 14.8 Å². The fraction of sp³-hybridized carbons (Fsp3) is 0.273. The quantitative estimate of drug-likeness (QED) is 0.838. The van der Waals surface area contributed by atoms with E-state index in [4.69, 9.17) is 23.2 Å². The van der Waals surface area contributed by atoms with Gasteiger partial charge in [-0.2, -0.15) is 0 Å². The van der Waals surface area contributed by atoms with Crippen molar-refractivity contribution in [1.29, 1.82) is 0 Å². The summed E-state index contributed by atoms with van der Waals surface area (Å²) in [7, 11) is 0. The molecule has 0 aliphatic carbocycles. The summed E-state index contributed by atoms with van der Waals surface area (Å²) in [6.45, 7) is 2.08. The molecule has 0 fully saturated rings. The van der Waals surface area contributed by atoms with Gasteiger partial charge in [-0.05, 0) is 52.2 Å². The van der Waals surface area contributed by atoms with Gasteiger partial charge in [-0.3, -0.25) is 4.57 Å². The van der Waals surface area contributed by atoms with Crippen LogP contribution in [0.1, 0.15) is 19.2 Å². The highest BCUT2D eigenvalue weighted by Gasteiger charge is 2.14. The highest BCUT2D eigenvalue weighted by Crippen LogP contribution is 2.28. The molecular weight excluding hydrogens is 325 g/mol. The second-order valence-electron chi connectivity index (χ2n) is 3.57. The molecule has 0 aliphatic heterocycles. The van der Waals surface area contributed by atoms with E-state index >= 15 is 0 Å². The molecule has 6 heteroatoms. The van der Waals surface area contributed by atoms with Crippen LogP contribution in [-0.2, 0) is 6.42 Å². The number of benzene rings is 1. The van der Waals surface area contributed by atoms with E-state index in [1.165, 1.54) is 0 Å². The topological polar surface area (TPSA) is 30.7 Å². The first-order valence-electron chi connectivity index (χ1n) is 5.18. The summed E-state index contributed by atoms with van der Waals surface area (Å²) in [4.78, 5) is 0. The van der Waals surface area contributed by atoms with Gasteiger partial charge in [0.1, 0.15) is 5.82 Å². The maximum absolute atomic E-state index is 6.06. The molecule has 0 spiro atoms. The van der Waals surface area contributed by atoms with E-state index in [1.54, 1.807) is 4.57 Å². The van der Waals surface area contributed by atoms with Gasteiger partial charge in [0, 0.05) is 15.9 Å². The predicted octanol–water partition coefficient (Wildman–Crippen LogP) is 4.29. The second-order valence-corrected chi connectivity index (χ2v) is 5.20. The third-order valence-corrected chi connectivity index (χ3v) is 3.46. The Balaban J connectivity index is 2.58. The number of hydrogen-bond donors (Lipinski definition) is 0. The maximum Gasteiger partial charge on any atom is 0.229 e. The molecule has 1 heterocycles. The third kappa shape index (κ3) is 2.64. The van der Waals surface area contributed by atoms with Crippen molar-refractivity contribution < 1.29 is 0 Å². The molecule has 0 saturated carbocycles. The Kier molecular flexibility index (Phi) is 4.07. The van der Waals surface area contributed by atoms with Crippen LogP contribution in [0.2, 0.25) is 10.3 Å². The summed E-state index contributed by atoms with van der Waals surface area (Å²) in [5, 5.41) is 8.96. The number of nitrogens with zero attached hydrogens (tertiary/aromatic N) is 3. The monoisotopic (exact) mass is 333 g/mol. The van der Waals surface area contributed by atoms with E-state index in [0.717, 1.165) is 28.8 Å². The van der Waals surface area contributed by atoms with E-state index in [1.807, 2.05) is 18.2 Å². The van der Waals surface area contributed by atoms with Crippen molar-refractivity contribution in [3.8, 4) is 5.69 Å². The van der Waals surface area contributed by atoms with Gasteiger partial charge >= 0.3 is 0 Å². The molecule has 0 N–H and O–H groups in total. The minimum Gasteiger partial charge on any atom is -0.269 e. The lowest BCUT2D eigenvalue weighted by Crippen LogP contribution is -2.02. The molecule has 0 amide bonds. The SMILES string of the molecule is CCCc1nnc(Cl)n1-c1cc(Cl)ccc1Br. The van der Waals surface area contributed by atoms with Crippen molar-refractivity contribution in [2.75, 3.05) is 0 Å². The second kappa shape index (κ2) is 5.38. The van der Waals surface area contributed by atoms with E-state index < -0.39 is 0 Å². The van der Waals surface area contributed by atoms with Gasteiger partial charge < -0.3 is 0 Å². The van der Waals surface area contributed by atoms with Crippen LogP contribution in [0.3, 0.4) is 0 Å². The average molecular weight is 335 g/mol. The average Bonchev–Trinajstić information content (AvgIpc) is 2.64. The molecule has 90 valence electrons. The molecule has 2 aromatic rings. The highest BCUT2D eigenvalue weighted by atomic mass is 79.9. The highest BCUT2D eigenvalue weighted by molar-refractivity contribution is 9.10. The van der Waals surface area contributed by atoms with Crippen LogP contribution < -0.4 is 0 Å². The molecule has 0 saturated heterocycles. The number of aryl methyl sites for hydroxylation is 1. The van der Waals surface area contributed by atoms with E-state index in [9.17, 15) is 0 Å². The van der Waals surface area contributed by atoms with Crippen LogP contribution in [0.4, 0.5) is 0 Å². The number of hydrogen-bond acceptors (Lipinski definition) is 2. The summed E-state index contributed by atoms with van der Waals surface area (Å²) in [6, 6.07) is 5.52. The van der Waals surface area contributed by atoms with Crippen LogP contribution in [0.5, 0.6) is 0 Å². The van der Waals surface area contributed by atoms with Gasteiger partial charge in [0.2, 0.25) is 5.28 Å². The fourth-order valence-corrected chi connectivity index (χ4v) is 2.39. The summed E-state index contributed by atoms with van der Waals surface area (Å²) >= 11 is 15.5. The summed E-state index contributed by atoms with van der Waals surface area (Å²) < 4.78 is 2.71. The van der Waals surface area contributed by atoms with E-state index in [2.05, 4.69) is 33.1 Å². The van der Waals surface area contributed by atoms with Gasteiger partial charge in [0.15, 0.2) is 0 Å². The van der Waals surface area contributed by atoms with Gasteiger partial charge in [-0.25, -0.2) is 0 Å². The lowest BCUT2D eigenvalue weighted by atomic mass is 10.3. The van der Waals surface area contributed by atoms with E-state index in [0.29, 0.717) is 10.3 Å². The Morgan fingerprint density at radius 2 is 2.06 bits per heavy atom. The molecule has 1 aromatic heterocycles. The van der Waals surface area contributed by atoms with Gasteiger partial charge in [0.25, 0.3) is 0 Å². The van der Waals surface area contributed by atoms with Crippen molar-refractivity contribution in [2.45, 2.75) is 19.8 Å². The van der Waals surface area contributed by atoms with Gasteiger partial charge in [-0.15, -0.1) is 10.2 Å². The Morgan fingerprint density at radius 1 is 1.29 bits per heavy atom. The molecule has 2 rings (SSSR count). The lowest BCUT2D eigenvalue weighted by molar-refractivity contribution is 0.802. The zero-order chi connectivity index (χ0) is 12.4. The molecule has 0 bridgehead atoms. The first kappa shape index (κ1) is 12.9. The summed E-state index contributed by atoms with van der Waals surface area (Å²) in [5.74, 6) is 0.834. The van der Waals surface area contributed by atoms with Crippen LogP contribution in [0.15, 0.2) is 22.7 Å². The lowest BCUT2D eigenvalue weighted by Gasteiger charge is -2.09. The maximum atomic E-state index is 6.06. The standard InChI is InChI=1S/C11H10BrCl2N3/c1-2-3-10-15-16-11(14)17(10)9-6-7(13)4-5-8(9)12/h4-6H,2-3H2,1H3. The molecule has 0 atom stereocenters. The number of halogens is 3. The van der Waals surface area contributed by atoms with Crippen LogP contribution in [0.25, 0.3) is 5.69 Å².